The van der Waals surface area contributed by atoms with Crippen LogP contribution in [0.5, 0.6) is 0 Å². The van der Waals surface area contributed by atoms with Gasteiger partial charge in [0, 0.05) is 44.2 Å². The summed E-state index contributed by atoms with van der Waals surface area (Å²) in [7, 11) is 0. The molecule has 2 fully saturated rings. The molecule has 0 saturated carbocycles. The van der Waals surface area contributed by atoms with E-state index in [0.717, 1.165) is 57.3 Å². The van der Waals surface area contributed by atoms with Crippen molar-refractivity contribution in [3.05, 3.63) is 34.9 Å². The molecule has 0 aliphatic carbocycles. The summed E-state index contributed by atoms with van der Waals surface area (Å²) in [5.41, 5.74) is 1.28. The summed E-state index contributed by atoms with van der Waals surface area (Å²) in [4.78, 5) is 17.3. The maximum absolute atomic E-state index is 12.8. The number of piperidine rings is 1. The number of amides is 1. The van der Waals surface area contributed by atoms with E-state index in [4.69, 9.17) is 11.6 Å². The SMILES string of the molecule is CC(CC(=O)N1CCCN(Cc2ccc(Cl)cc2)CC1)C1CCCNC1. The lowest BCUT2D eigenvalue weighted by molar-refractivity contribution is -0.132. The monoisotopic (exact) mass is 377 g/mol. The van der Waals surface area contributed by atoms with Crippen molar-refractivity contribution >= 4 is 17.5 Å². The average Bonchev–Trinajstić information content (AvgIpc) is 2.90. The lowest BCUT2D eigenvalue weighted by atomic mass is 9.85. The van der Waals surface area contributed by atoms with Gasteiger partial charge in [-0.2, -0.15) is 0 Å². The summed E-state index contributed by atoms with van der Waals surface area (Å²) in [5.74, 6) is 1.47. The topological polar surface area (TPSA) is 35.6 Å². The Labute approximate surface area is 162 Å². The molecule has 4 nitrogen and oxygen atoms in total. The van der Waals surface area contributed by atoms with E-state index >= 15 is 0 Å². The highest BCUT2D eigenvalue weighted by Crippen LogP contribution is 2.23. The molecule has 2 saturated heterocycles. The van der Waals surface area contributed by atoms with Gasteiger partial charge in [0.15, 0.2) is 0 Å². The Bertz CT molecular complexity index is 571. The van der Waals surface area contributed by atoms with E-state index in [1.165, 1.54) is 18.4 Å². The number of nitrogens with one attached hydrogen (secondary N) is 1. The first kappa shape index (κ1) is 19.7. The van der Waals surface area contributed by atoms with Gasteiger partial charge >= 0.3 is 0 Å². The molecule has 0 aromatic heterocycles. The molecule has 5 heteroatoms. The number of halogens is 1. The summed E-state index contributed by atoms with van der Waals surface area (Å²) in [6.07, 6.45) is 4.26. The molecule has 2 aliphatic heterocycles. The molecule has 2 atom stereocenters. The van der Waals surface area contributed by atoms with Crippen LogP contribution in [0.15, 0.2) is 24.3 Å². The van der Waals surface area contributed by atoms with Crippen LogP contribution in [0.1, 0.15) is 38.2 Å². The number of carbonyl (C=O) groups is 1. The lowest BCUT2D eigenvalue weighted by Gasteiger charge is -2.30. The fourth-order valence-corrected chi connectivity index (χ4v) is 4.29. The van der Waals surface area contributed by atoms with Crippen molar-refractivity contribution < 1.29 is 4.79 Å². The quantitative estimate of drug-likeness (QED) is 0.854. The minimum Gasteiger partial charge on any atom is -0.341 e. The van der Waals surface area contributed by atoms with Crippen LogP contribution in [0.25, 0.3) is 0 Å². The lowest BCUT2D eigenvalue weighted by Crippen LogP contribution is -2.38. The van der Waals surface area contributed by atoms with Crippen LogP contribution in [0.4, 0.5) is 0 Å². The number of carbonyl (C=O) groups excluding carboxylic acids is 1. The zero-order chi connectivity index (χ0) is 18.4. The second-order valence-electron chi connectivity index (χ2n) is 7.92. The Balaban J connectivity index is 1.46. The third kappa shape index (κ3) is 5.70. The molecule has 2 unspecified atom stereocenters. The molecule has 144 valence electrons. The molecule has 0 bridgehead atoms. The minimum atomic E-state index is 0.344. The van der Waals surface area contributed by atoms with Crippen molar-refractivity contribution in [2.24, 2.45) is 11.8 Å². The Hall–Kier alpha value is -1.10. The Morgan fingerprint density at radius 2 is 2.00 bits per heavy atom. The smallest absolute Gasteiger partial charge is 0.222 e. The zero-order valence-electron chi connectivity index (χ0n) is 15.9. The van der Waals surface area contributed by atoms with Crippen LogP contribution in [0, 0.1) is 11.8 Å². The van der Waals surface area contributed by atoms with Crippen LogP contribution in [-0.4, -0.2) is 55.0 Å². The highest BCUT2D eigenvalue weighted by Gasteiger charge is 2.25. The predicted molar refractivity (Wildman–Crippen MR) is 107 cm³/mol. The van der Waals surface area contributed by atoms with Gasteiger partial charge in [-0.1, -0.05) is 30.7 Å². The molecule has 0 spiro atoms. The number of hydrogen-bond acceptors (Lipinski definition) is 3. The number of hydrogen-bond donors (Lipinski definition) is 1. The highest BCUT2D eigenvalue weighted by atomic mass is 35.5. The molecule has 26 heavy (non-hydrogen) atoms. The van der Waals surface area contributed by atoms with E-state index in [-0.39, 0.29) is 0 Å². The van der Waals surface area contributed by atoms with Gasteiger partial charge in [-0.15, -0.1) is 0 Å². The van der Waals surface area contributed by atoms with Crippen molar-refractivity contribution in [3.63, 3.8) is 0 Å². The second kappa shape index (κ2) is 9.72. The Morgan fingerprint density at radius 1 is 1.19 bits per heavy atom. The summed E-state index contributed by atoms with van der Waals surface area (Å²) in [6.45, 7) is 9.13. The molecule has 1 aromatic rings. The first-order valence-electron chi connectivity index (χ1n) is 10.1. The summed E-state index contributed by atoms with van der Waals surface area (Å²) in [6, 6.07) is 8.09. The first-order valence-corrected chi connectivity index (χ1v) is 10.4. The highest BCUT2D eigenvalue weighted by molar-refractivity contribution is 6.30. The minimum absolute atomic E-state index is 0.344. The van der Waals surface area contributed by atoms with E-state index in [1.807, 2.05) is 12.1 Å². The molecule has 2 heterocycles. The second-order valence-corrected chi connectivity index (χ2v) is 8.36. The average molecular weight is 378 g/mol. The van der Waals surface area contributed by atoms with Gasteiger partial charge in [0.2, 0.25) is 5.91 Å². The Kier molecular flexibility index (Phi) is 7.35. The van der Waals surface area contributed by atoms with Crippen molar-refractivity contribution in [2.45, 2.75) is 39.2 Å². The predicted octanol–water partition coefficient (Wildman–Crippen LogP) is 3.40. The van der Waals surface area contributed by atoms with E-state index in [2.05, 4.69) is 34.2 Å². The van der Waals surface area contributed by atoms with E-state index < -0.39 is 0 Å². The van der Waals surface area contributed by atoms with Crippen molar-refractivity contribution in [1.29, 1.82) is 0 Å². The zero-order valence-corrected chi connectivity index (χ0v) is 16.7. The third-order valence-electron chi connectivity index (χ3n) is 5.90. The van der Waals surface area contributed by atoms with Gasteiger partial charge in [-0.05, 0) is 61.9 Å². The van der Waals surface area contributed by atoms with E-state index in [9.17, 15) is 4.79 Å². The standard InChI is InChI=1S/C21H32ClN3O/c1-17(19-4-2-9-23-15-19)14-21(26)25-11-3-10-24(12-13-25)16-18-5-7-20(22)8-6-18/h5-8,17,19,23H,2-4,9-16H2,1H3. The summed E-state index contributed by atoms with van der Waals surface area (Å²) < 4.78 is 0. The molecular weight excluding hydrogens is 346 g/mol. The van der Waals surface area contributed by atoms with Gasteiger partial charge in [-0.25, -0.2) is 0 Å². The largest absolute Gasteiger partial charge is 0.341 e. The van der Waals surface area contributed by atoms with Gasteiger partial charge < -0.3 is 10.2 Å². The van der Waals surface area contributed by atoms with Crippen LogP contribution in [0.3, 0.4) is 0 Å². The maximum Gasteiger partial charge on any atom is 0.222 e. The molecule has 1 aromatic carbocycles. The van der Waals surface area contributed by atoms with Crippen LogP contribution in [0.2, 0.25) is 5.02 Å². The molecule has 3 rings (SSSR count). The van der Waals surface area contributed by atoms with Crippen molar-refractivity contribution in [2.75, 3.05) is 39.3 Å². The summed E-state index contributed by atoms with van der Waals surface area (Å²) in [5, 5.41) is 4.25. The molecular formula is C21H32ClN3O. The fraction of sp³-hybridized carbons (Fsp3) is 0.667. The van der Waals surface area contributed by atoms with E-state index in [1.54, 1.807) is 0 Å². The number of benzene rings is 1. The van der Waals surface area contributed by atoms with Crippen LogP contribution < -0.4 is 5.32 Å². The first-order chi connectivity index (χ1) is 12.6. The molecule has 2 aliphatic rings. The van der Waals surface area contributed by atoms with Gasteiger partial charge in [0.1, 0.15) is 0 Å². The third-order valence-corrected chi connectivity index (χ3v) is 6.15. The number of nitrogens with zero attached hydrogens (tertiary/aromatic N) is 2. The normalized spacial score (nSPS) is 23.5. The van der Waals surface area contributed by atoms with E-state index in [0.29, 0.717) is 24.2 Å². The van der Waals surface area contributed by atoms with Gasteiger partial charge in [0.25, 0.3) is 0 Å². The van der Waals surface area contributed by atoms with Crippen molar-refractivity contribution in [3.8, 4) is 0 Å². The van der Waals surface area contributed by atoms with Crippen LogP contribution in [-0.2, 0) is 11.3 Å². The number of rotatable bonds is 5. The molecule has 0 radical (unpaired) electrons. The van der Waals surface area contributed by atoms with Crippen LogP contribution >= 0.6 is 11.6 Å². The maximum atomic E-state index is 12.8. The fourth-order valence-electron chi connectivity index (χ4n) is 4.16. The summed E-state index contributed by atoms with van der Waals surface area (Å²) >= 11 is 5.97. The Morgan fingerprint density at radius 3 is 2.73 bits per heavy atom. The van der Waals surface area contributed by atoms with Gasteiger partial charge in [-0.3, -0.25) is 9.69 Å². The molecule has 1 amide bonds. The van der Waals surface area contributed by atoms with Crippen molar-refractivity contribution in [1.82, 2.24) is 15.1 Å². The van der Waals surface area contributed by atoms with Gasteiger partial charge in [0.05, 0.1) is 0 Å². The molecule has 1 N–H and O–H groups in total.